The molecule has 5 heteroatoms. The average molecular weight is 580 g/mol. The minimum atomic E-state index is 0.0741. The number of para-hydroxylation sites is 2. The Kier molecular flexibility index (Phi) is 6.51. The van der Waals surface area contributed by atoms with Crippen molar-refractivity contribution in [2.75, 3.05) is 0 Å². The second kappa shape index (κ2) is 10.3. The molecule has 4 nitrogen and oxygen atoms in total. The second-order valence-corrected chi connectivity index (χ2v) is 13.4. The summed E-state index contributed by atoms with van der Waals surface area (Å²) < 4.78 is 2.25. The predicted octanol–water partition coefficient (Wildman–Crippen LogP) is 10.2. The fraction of sp³-hybridized carbons (Fsp3) is 0.158. The zero-order valence-electron chi connectivity index (χ0n) is 25.0. The van der Waals surface area contributed by atoms with E-state index in [-0.39, 0.29) is 11.2 Å². The summed E-state index contributed by atoms with van der Waals surface area (Å²) in [5.74, 6) is 1.09. The molecule has 43 heavy (non-hydrogen) atoms. The summed E-state index contributed by atoms with van der Waals surface area (Å²) in [7, 11) is 0. The van der Waals surface area contributed by atoms with Gasteiger partial charge in [-0.25, -0.2) is 9.97 Å². The third-order valence-corrected chi connectivity index (χ3v) is 9.25. The molecule has 3 heterocycles. The number of phenolic OH excluding ortho intramolecular Hbond substituents is 1. The van der Waals surface area contributed by atoms with E-state index in [9.17, 15) is 5.11 Å². The number of benzene rings is 4. The van der Waals surface area contributed by atoms with Crippen LogP contribution in [0, 0.1) is 13.8 Å². The minimum absolute atomic E-state index is 0.0741. The van der Waals surface area contributed by atoms with Gasteiger partial charge < -0.3 is 5.11 Å². The van der Waals surface area contributed by atoms with Crippen LogP contribution in [0.1, 0.15) is 37.5 Å². The first kappa shape index (κ1) is 27.2. The molecule has 0 aliphatic rings. The van der Waals surface area contributed by atoms with E-state index >= 15 is 0 Å². The average Bonchev–Trinajstić information content (AvgIpc) is 3.30. The van der Waals surface area contributed by atoms with Crippen LogP contribution < -0.4 is 0 Å². The first-order valence-electron chi connectivity index (χ1n) is 14.6. The van der Waals surface area contributed by atoms with Crippen LogP contribution in [0.3, 0.4) is 0 Å². The largest absolute Gasteiger partial charge is 0.506 e. The maximum atomic E-state index is 10.9. The summed E-state index contributed by atoms with van der Waals surface area (Å²) in [6.07, 6.45) is 1.87. The quantitative estimate of drug-likeness (QED) is 0.225. The Bertz CT molecular complexity index is 2170. The molecule has 0 aliphatic carbocycles. The van der Waals surface area contributed by atoms with E-state index in [4.69, 9.17) is 9.97 Å². The van der Waals surface area contributed by atoms with E-state index in [1.807, 2.05) is 24.4 Å². The van der Waals surface area contributed by atoms with E-state index in [0.29, 0.717) is 5.52 Å². The molecule has 4 aromatic carbocycles. The normalized spacial score (nSPS) is 12.0. The van der Waals surface area contributed by atoms with Gasteiger partial charge in [-0.2, -0.15) is 0 Å². The highest BCUT2D eigenvalue weighted by Crippen LogP contribution is 2.41. The number of pyridine rings is 2. The van der Waals surface area contributed by atoms with E-state index in [0.717, 1.165) is 43.3 Å². The van der Waals surface area contributed by atoms with Gasteiger partial charge in [0, 0.05) is 27.3 Å². The lowest BCUT2D eigenvalue weighted by atomic mass is 9.86. The van der Waals surface area contributed by atoms with E-state index in [2.05, 4.69) is 112 Å². The van der Waals surface area contributed by atoms with Crippen molar-refractivity contribution in [3.63, 3.8) is 0 Å². The van der Waals surface area contributed by atoms with Gasteiger partial charge in [0.05, 0.1) is 11.0 Å². The standard InChI is InChI=1S/C38H33N3OS/c1-23-17-18-39-35(19-23)41-31-11-7-6-9-27(31)30-20-24(2)34(22-32(30)41)43-36-21-29(28-10-8-12-33(42)37(28)40-36)25-13-15-26(16-14-25)38(3,4)5/h6-22,42H,1-5H3. The first-order chi connectivity index (χ1) is 20.7. The number of aromatic nitrogens is 3. The Balaban J connectivity index is 1.40. The summed E-state index contributed by atoms with van der Waals surface area (Å²) in [6.45, 7) is 10.9. The van der Waals surface area contributed by atoms with Gasteiger partial charge in [-0.05, 0) is 89.5 Å². The van der Waals surface area contributed by atoms with Gasteiger partial charge in [-0.3, -0.25) is 4.57 Å². The molecule has 7 aromatic rings. The summed E-state index contributed by atoms with van der Waals surface area (Å²) in [6, 6.07) is 33.7. The molecule has 0 spiro atoms. The van der Waals surface area contributed by atoms with Crippen LogP contribution in [-0.4, -0.2) is 19.6 Å². The van der Waals surface area contributed by atoms with Gasteiger partial charge in [-0.1, -0.05) is 87.1 Å². The number of hydrogen-bond acceptors (Lipinski definition) is 4. The molecule has 1 N–H and O–H groups in total. The smallest absolute Gasteiger partial charge is 0.141 e. The van der Waals surface area contributed by atoms with Crippen molar-refractivity contribution in [3.8, 4) is 22.7 Å². The Morgan fingerprint density at radius 1 is 0.744 bits per heavy atom. The highest BCUT2D eigenvalue weighted by molar-refractivity contribution is 7.99. The number of fused-ring (bicyclic) bond motifs is 4. The summed E-state index contributed by atoms with van der Waals surface area (Å²) in [5, 5.41) is 15.0. The summed E-state index contributed by atoms with van der Waals surface area (Å²) >= 11 is 1.63. The van der Waals surface area contributed by atoms with Crippen molar-refractivity contribution in [2.24, 2.45) is 0 Å². The zero-order valence-corrected chi connectivity index (χ0v) is 25.8. The third kappa shape index (κ3) is 4.84. The zero-order chi connectivity index (χ0) is 29.9. The highest BCUT2D eigenvalue weighted by atomic mass is 32.2. The summed E-state index contributed by atoms with van der Waals surface area (Å²) in [5.41, 5.74) is 8.71. The Morgan fingerprint density at radius 2 is 1.51 bits per heavy atom. The van der Waals surface area contributed by atoms with Crippen molar-refractivity contribution in [1.29, 1.82) is 0 Å². The lowest BCUT2D eigenvalue weighted by molar-refractivity contribution is 0.480. The molecule has 0 unspecified atom stereocenters. The van der Waals surface area contributed by atoms with Crippen LogP contribution in [-0.2, 0) is 5.41 Å². The first-order valence-corrected chi connectivity index (χ1v) is 15.4. The fourth-order valence-corrected chi connectivity index (χ4v) is 6.80. The topological polar surface area (TPSA) is 50.9 Å². The SMILES string of the molecule is Cc1ccnc(-n2c3ccccc3c3cc(C)c(Sc4cc(-c5ccc(C(C)(C)C)cc5)c5cccc(O)c5n4)cc32)c1. The van der Waals surface area contributed by atoms with Crippen molar-refractivity contribution >= 4 is 44.5 Å². The number of phenols is 1. The monoisotopic (exact) mass is 579 g/mol. The molecule has 0 atom stereocenters. The molecule has 0 bridgehead atoms. The maximum Gasteiger partial charge on any atom is 0.141 e. The van der Waals surface area contributed by atoms with E-state index < -0.39 is 0 Å². The van der Waals surface area contributed by atoms with Crippen LogP contribution in [0.2, 0.25) is 0 Å². The van der Waals surface area contributed by atoms with Gasteiger partial charge in [0.15, 0.2) is 0 Å². The number of rotatable bonds is 4. The number of aryl methyl sites for hydroxylation is 2. The molecule has 7 rings (SSSR count). The lowest BCUT2D eigenvalue weighted by Crippen LogP contribution is -2.10. The Hall–Kier alpha value is -4.61. The maximum absolute atomic E-state index is 10.9. The van der Waals surface area contributed by atoms with Crippen LogP contribution in [0.4, 0.5) is 0 Å². The second-order valence-electron chi connectivity index (χ2n) is 12.3. The molecule has 0 fully saturated rings. The lowest BCUT2D eigenvalue weighted by Gasteiger charge is -2.19. The molecule has 0 aliphatic heterocycles. The molecule has 212 valence electrons. The fourth-order valence-electron chi connectivity index (χ4n) is 5.87. The predicted molar refractivity (Wildman–Crippen MR) is 180 cm³/mol. The van der Waals surface area contributed by atoms with Crippen molar-refractivity contribution in [2.45, 2.75) is 50.0 Å². The van der Waals surface area contributed by atoms with Gasteiger partial charge in [0.25, 0.3) is 0 Å². The van der Waals surface area contributed by atoms with E-state index in [1.165, 1.54) is 27.5 Å². The molecular weight excluding hydrogens is 547 g/mol. The molecule has 0 amide bonds. The molecule has 3 aromatic heterocycles. The van der Waals surface area contributed by atoms with Gasteiger partial charge in [0.2, 0.25) is 0 Å². The van der Waals surface area contributed by atoms with Crippen LogP contribution in [0.5, 0.6) is 5.75 Å². The van der Waals surface area contributed by atoms with Gasteiger partial charge in [-0.15, -0.1) is 0 Å². The van der Waals surface area contributed by atoms with Crippen LogP contribution in [0.25, 0.3) is 49.7 Å². The Morgan fingerprint density at radius 3 is 2.28 bits per heavy atom. The summed E-state index contributed by atoms with van der Waals surface area (Å²) in [4.78, 5) is 10.8. The van der Waals surface area contributed by atoms with Crippen molar-refractivity contribution in [3.05, 3.63) is 120 Å². The number of hydrogen-bond donors (Lipinski definition) is 1. The van der Waals surface area contributed by atoms with Crippen LogP contribution >= 0.6 is 11.8 Å². The van der Waals surface area contributed by atoms with Gasteiger partial charge >= 0.3 is 0 Å². The van der Waals surface area contributed by atoms with E-state index in [1.54, 1.807) is 17.8 Å². The third-order valence-electron chi connectivity index (χ3n) is 8.17. The molecule has 0 saturated carbocycles. The Labute approximate surface area is 256 Å². The minimum Gasteiger partial charge on any atom is -0.506 e. The highest BCUT2D eigenvalue weighted by Gasteiger charge is 2.18. The molecular formula is C38H33N3OS. The molecule has 0 radical (unpaired) electrons. The number of aromatic hydroxyl groups is 1. The van der Waals surface area contributed by atoms with Crippen LogP contribution in [0.15, 0.2) is 113 Å². The number of nitrogens with zero attached hydrogens (tertiary/aromatic N) is 3. The molecule has 0 saturated heterocycles. The van der Waals surface area contributed by atoms with Crippen molar-refractivity contribution in [1.82, 2.24) is 14.5 Å². The van der Waals surface area contributed by atoms with Crippen molar-refractivity contribution < 1.29 is 5.11 Å². The van der Waals surface area contributed by atoms with Gasteiger partial charge in [0.1, 0.15) is 22.1 Å².